The van der Waals surface area contributed by atoms with Gasteiger partial charge in [0.05, 0.1) is 92.5 Å². The molecule has 0 spiro atoms. The number of aromatic nitrogens is 4. The van der Waals surface area contributed by atoms with Gasteiger partial charge in [-0.15, -0.1) is 0 Å². The van der Waals surface area contributed by atoms with Gasteiger partial charge < -0.3 is 70.2 Å². The maximum Gasteiger partial charge on any atom is 0.328 e. The number of pyridine rings is 1. The zero-order chi connectivity index (χ0) is 83.7. The van der Waals surface area contributed by atoms with Crippen LogP contribution in [-0.2, 0) is 71.6 Å². The van der Waals surface area contributed by atoms with Crippen LogP contribution in [0.4, 0.5) is 16.4 Å². The van der Waals surface area contributed by atoms with Crippen molar-refractivity contribution < 1.29 is 62.1 Å². The van der Waals surface area contributed by atoms with Crippen molar-refractivity contribution in [3.8, 4) is 28.7 Å². The Morgan fingerprint density at radius 3 is 2.02 bits per heavy atom. The van der Waals surface area contributed by atoms with Crippen molar-refractivity contribution in [3.63, 3.8) is 0 Å². The lowest BCUT2D eigenvalue weighted by atomic mass is 9.87. The Morgan fingerprint density at radius 2 is 1.34 bits per heavy atom. The number of benzene rings is 6. The van der Waals surface area contributed by atoms with Gasteiger partial charge in [-0.2, -0.15) is 0 Å². The molecule has 0 unspecified atom stereocenters. The van der Waals surface area contributed by atoms with Gasteiger partial charge in [0.15, 0.2) is 5.60 Å². The van der Waals surface area contributed by atoms with Crippen LogP contribution in [-0.4, -0.2) is 205 Å². The van der Waals surface area contributed by atoms with Crippen LogP contribution in [0.5, 0.6) is 5.75 Å². The van der Waals surface area contributed by atoms with Gasteiger partial charge in [-0.25, -0.2) is 14.8 Å². The summed E-state index contributed by atoms with van der Waals surface area (Å²) in [5, 5.41) is 20.6. The van der Waals surface area contributed by atoms with Crippen LogP contribution in [0, 0.1) is 11.8 Å². The number of methoxy groups -OCH3 is 1. The smallest absolute Gasteiger partial charge is 0.328 e. The van der Waals surface area contributed by atoms with E-state index in [0.717, 1.165) is 93.9 Å². The standard InChI is InChI=1S/C89H95N15O14S2/c1-88(95-39-16-19-59-26-31-72(115-3)71(50-59)103-43-35-74(106)98-87(103)114)37-44-101(45-38-88)62-33-41-102(42-34-62)86-97-69-30-27-60(68-55-100(2)83(111)78-66(68)32-40-90-78)51-67(69)81(99-86)89(118-63-28-29-63,61-20-10-5-11-21-61)56-117-57-94-76(108)53-93-82(110)70(49-58-17-8-4-9-18-58)96-77(109)54-92-75(107)52-91-73(105)36-47-116-48-46-104-84(112)79(119-64-22-12-6-13-23-64)80(85(104)113)120-65-24-14-7-15-25-65/h4-15,17-18,20-27,30-32,40,50-51,55,62-63,70,90,95H,28-29,33-39,41-49,52-54,56-57H2,1-3H3,(H,91,105)(H,92,107)(H,93,110)(H,94,108)(H,96,109)(H,98,106,114)/t70-,89-/m0/s1. The number of carbonyl (C=O) groups excluding carboxylic acids is 9. The second-order valence-corrected chi connectivity index (χ2v) is 32.4. The minimum atomic E-state index is -1.40. The Labute approximate surface area is 702 Å². The summed E-state index contributed by atoms with van der Waals surface area (Å²) in [6.45, 7) is 4.00. The minimum absolute atomic E-state index is 0.0344. The summed E-state index contributed by atoms with van der Waals surface area (Å²) >= 11 is 2.44. The fourth-order valence-electron chi connectivity index (χ4n) is 15.1. The highest BCUT2D eigenvalue weighted by Crippen LogP contribution is 2.46. The Bertz CT molecular complexity index is 5370. The molecule has 31 heteroatoms. The van der Waals surface area contributed by atoms with Crippen LogP contribution in [0.2, 0.25) is 0 Å². The fraction of sp³-hybridized carbons (Fsp3) is 0.348. The maximum atomic E-state index is 14.1. The third-order valence-corrected chi connectivity index (χ3v) is 24.1. The van der Waals surface area contributed by atoms with Gasteiger partial charge in [-0.05, 0) is 123 Å². The molecule has 2 atom stereocenters. The normalized spacial score (nSPS) is 16.5. The highest BCUT2D eigenvalue weighted by molar-refractivity contribution is 8.08. The number of imide groups is 2. The van der Waals surface area contributed by atoms with Crippen LogP contribution in [0.3, 0.4) is 0 Å². The molecule has 10 amide bonds. The number of aromatic amines is 1. The molecule has 29 nitrogen and oxygen atoms in total. The summed E-state index contributed by atoms with van der Waals surface area (Å²) in [7, 11) is 3.26. The van der Waals surface area contributed by atoms with E-state index >= 15 is 0 Å². The van der Waals surface area contributed by atoms with Crippen LogP contribution < -0.4 is 57.3 Å². The molecule has 622 valence electrons. The predicted octanol–water partition coefficient (Wildman–Crippen LogP) is 7.56. The van der Waals surface area contributed by atoms with Crippen molar-refractivity contribution in [3.05, 3.63) is 219 Å². The van der Waals surface area contributed by atoms with Crippen molar-refractivity contribution in [1.29, 1.82) is 0 Å². The highest BCUT2D eigenvalue weighted by atomic mass is 32.2. The summed E-state index contributed by atoms with van der Waals surface area (Å²) < 4.78 is 26.7. The van der Waals surface area contributed by atoms with E-state index in [-0.39, 0.29) is 82.0 Å². The zero-order valence-corrected chi connectivity index (χ0v) is 68.5. The molecule has 6 aromatic carbocycles. The average Bonchev–Trinajstić information content (AvgIpc) is 1.07. The number of nitrogens with zero attached hydrogens (tertiary/aromatic N) is 7. The molecular formula is C89H95N15O14S2. The second kappa shape index (κ2) is 39.2. The summed E-state index contributed by atoms with van der Waals surface area (Å²) in [6.07, 6.45) is 8.65. The number of ether oxygens (including phenoxy) is 4. The van der Waals surface area contributed by atoms with Gasteiger partial charge in [-0.3, -0.25) is 58.3 Å². The van der Waals surface area contributed by atoms with Crippen molar-refractivity contribution >= 4 is 110 Å². The van der Waals surface area contributed by atoms with E-state index in [1.54, 1.807) is 55.3 Å². The molecule has 4 fully saturated rings. The number of anilines is 2. The summed E-state index contributed by atoms with van der Waals surface area (Å²) in [5.74, 6) is 3.17. The van der Waals surface area contributed by atoms with E-state index in [1.807, 2.05) is 140 Å². The number of hydrogen-bond donors (Lipinski definition) is 8. The molecule has 9 aromatic rings. The number of carbonyl (C=O) groups is 9. The van der Waals surface area contributed by atoms with Crippen molar-refractivity contribution in [2.45, 2.75) is 104 Å². The lowest BCUT2D eigenvalue weighted by Gasteiger charge is -2.45. The molecule has 120 heavy (non-hydrogen) atoms. The van der Waals surface area contributed by atoms with Crippen LogP contribution >= 0.6 is 23.5 Å². The fourth-order valence-corrected chi connectivity index (χ4v) is 17.1. The maximum absolute atomic E-state index is 14.1. The monoisotopic (exact) mass is 1660 g/mol. The van der Waals surface area contributed by atoms with E-state index in [4.69, 9.17) is 28.9 Å². The number of H-pyrrole nitrogens is 1. The Balaban J connectivity index is 0.586. The largest absolute Gasteiger partial charge is 0.495 e. The zero-order valence-electron chi connectivity index (χ0n) is 66.9. The first-order valence-corrected chi connectivity index (χ1v) is 41.8. The number of fused-ring (bicyclic) bond motifs is 2. The van der Waals surface area contributed by atoms with E-state index < -0.39 is 78.7 Å². The number of thioether (sulfide) groups is 2. The SMILES string of the molecule is COc1ccc(C#CCNC2(C)CCN(C3CCN(c4nc([C@@](COCNC(=O)CNC(=O)[C@H](Cc5ccccc5)NC(=O)CNC(=O)CNC(=O)CCOCCN5C(=O)C(Sc6ccccc6)=C(Sc6ccccc6)C5=O)(OC5CC5)c5ccccc5)c5cc(-c6cn(C)c(=O)c7[nH]ccc67)ccc5n4)CC3)CC2)cc1N1CCC(=O)NC1=O. The number of urea groups is 1. The molecular weight excluding hydrogens is 1570 g/mol. The molecule has 14 rings (SSSR count). The van der Waals surface area contributed by atoms with Gasteiger partial charge in [0.1, 0.15) is 24.0 Å². The van der Waals surface area contributed by atoms with E-state index in [9.17, 15) is 47.9 Å². The number of nitrogens with one attached hydrogen (secondary N) is 8. The summed E-state index contributed by atoms with van der Waals surface area (Å²) in [4.78, 5) is 156. The lowest BCUT2D eigenvalue weighted by molar-refractivity contribution is -0.138. The first-order chi connectivity index (χ1) is 58.3. The Morgan fingerprint density at radius 1 is 0.683 bits per heavy atom. The molecule has 4 aliphatic heterocycles. The highest BCUT2D eigenvalue weighted by Gasteiger charge is 2.46. The van der Waals surface area contributed by atoms with E-state index in [2.05, 4.69) is 70.8 Å². The minimum Gasteiger partial charge on any atom is -0.495 e. The van der Waals surface area contributed by atoms with Crippen LogP contribution in [0.15, 0.2) is 201 Å². The topological polar surface area (TPSA) is 351 Å². The first kappa shape index (κ1) is 84.4. The summed E-state index contributed by atoms with van der Waals surface area (Å²) in [5.41, 5.74) is 4.32. The molecule has 8 N–H and O–H groups in total. The number of likely N-dealkylation sites (tertiary alicyclic amines) is 1. The predicted molar refractivity (Wildman–Crippen MR) is 455 cm³/mol. The number of amides is 10. The molecule has 0 bridgehead atoms. The lowest BCUT2D eigenvalue weighted by Crippen LogP contribution is -2.55. The first-order valence-electron chi connectivity index (χ1n) is 40.2. The number of rotatable bonds is 35. The quantitative estimate of drug-likeness (QED) is 0.00822. The number of piperidine rings is 2. The summed E-state index contributed by atoms with van der Waals surface area (Å²) in [6, 6.07) is 49.3. The van der Waals surface area contributed by atoms with Crippen molar-refractivity contribution in [2.24, 2.45) is 7.05 Å². The molecule has 5 aliphatic rings. The van der Waals surface area contributed by atoms with Crippen LogP contribution in [0.1, 0.15) is 80.7 Å². The molecule has 1 aliphatic carbocycles. The molecule has 3 aromatic heterocycles. The average molecular weight is 1660 g/mol. The van der Waals surface area contributed by atoms with Crippen LogP contribution in [0.25, 0.3) is 32.9 Å². The molecule has 3 saturated heterocycles. The number of aryl methyl sites for hydroxylation is 1. The van der Waals surface area contributed by atoms with Gasteiger partial charge >= 0.3 is 6.03 Å². The Kier molecular flexibility index (Phi) is 27.6. The van der Waals surface area contributed by atoms with Gasteiger partial charge in [0, 0.05) is 115 Å². The third kappa shape index (κ3) is 21.0. The third-order valence-electron chi connectivity index (χ3n) is 21.8. The number of hydrogen-bond acceptors (Lipinski definition) is 21. The van der Waals surface area contributed by atoms with Gasteiger partial charge in [0.2, 0.25) is 41.4 Å². The second-order valence-electron chi connectivity index (χ2n) is 30.2. The van der Waals surface area contributed by atoms with E-state index in [1.165, 1.54) is 28.4 Å². The van der Waals surface area contributed by atoms with Crippen molar-refractivity contribution in [1.82, 2.24) is 66.5 Å². The van der Waals surface area contributed by atoms with E-state index in [0.29, 0.717) is 80.5 Å². The Hall–Kier alpha value is -12.0. The molecule has 0 radical (unpaired) electrons. The van der Waals surface area contributed by atoms with Gasteiger partial charge in [-0.1, -0.05) is 138 Å². The molecule has 1 saturated carbocycles. The van der Waals surface area contributed by atoms with Gasteiger partial charge in [0.25, 0.3) is 17.4 Å². The molecule has 7 heterocycles. The van der Waals surface area contributed by atoms with Crippen molar-refractivity contribution in [2.75, 3.05) is 109 Å².